The second-order valence-electron chi connectivity index (χ2n) is 13.0. The van der Waals surface area contributed by atoms with Crippen LogP contribution >= 0.6 is 11.8 Å². The average Bonchev–Trinajstić information content (AvgIpc) is 3.81. The fourth-order valence-electron chi connectivity index (χ4n) is 6.53. The van der Waals surface area contributed by atoms with Gasteiger partial charge in [0.1, 0.15) is 19.0 Å². The zero-order valence-corrected chi connectivity index (χ0v) is 29.8. The number of carbonyl (C=O) groups is 3. The number of likely N-dealkylation sites (tertiary alicyclic amines) is 1. The molecule has 1 unspecified atom stereocenters. The summed E-state index contributed by atoms with van der Waals surface area (Å²) < 4.78 is 18.5. The third kappa shape index (κ3) is 8.50. The zero-order chi connectivity index (χ0) is 36.7. The normalized spacial score (nSPS) is 21.5. The Morgan fingerprint density at radius 3 is 2.42 bits per heavy atom. The third-order valence-corrected chi connectivity index (χ3v) is 10.5. The molecule has 3 amide bonds. The van der Waals surface area contributed by atoms with Gasteiger partial charge in [-0.2, -0.15) is 5.10 Å². The maximum Gasteiger partial charge on any atom is 0.408 e. The quantitative estimate of drug-likeness (QED) is 0.101. The lowest BCUT2D eigenvalue weighted by molar-refractivity contribution is -0.268. The first-order valence-electron chi connectivity index (χ1n) is 17.3. The van der Waals surface area contributed by atoms with Crippen molar-refractivity contribution >= 4 is 29.7 Å². The van der Waals surface area contributed by atoms with Crippen molar-refractivity contribution in [2.45, 2.75) is 62.8 Å². The maximum absolute atomic E-state index is 13.3. The molecule has 7 rings (SSSR count). The molecule has 3 heterocycles. The van der Waals surface area contributed by atoms with Gasteiger partial charge in [-0.3, -0.25) is 19.6 Å². The van der Waals surface area contributed by atoms with Crippen molar-refractivity contribution in [3.8, 4) is 11.1 Å². The zero-order valence-electron chi connectivity index (χ0n) is 29.0. The van der Waals surface area contributed by atoms with Crippen LogP contribution in [0.15, 0.2) is 115 Å². The molecule has 2 saturated heterocycles. The van der Waals surface area contributed by atoms with Crippen LogP contribution in [-0.4, -0.2) is 61.0 Å². The molecule has 272 valence electrons. The molecular weight excluding hydrogens is 695 g/mol. The van der Waals surface area contributed by atoms with Gasteiger partial charge >= 0.3 is 6.09 Å². The van der Waals surface area contributed by atoms with Gasteiger partial charge in [0.25, 0.3) is 5.91 Å². The molecule has 0 aliphatic carbocycles. The smallest absolute Gasteiger partial charge is 0.408 e. The Morgan fingerprint density at radius 1 is 0.943 bits per heavy atom. The van der Waals surface area contributed by atoms with E-state index in [0.29, 0.717) is 10.9 Å². The number of ether oxygens (including phenoxy) is 3. The van der Waals surface area contributed by atoms with Crippen molar-refractivity contribution in [3.63, 3.8) is 0 Å². The van der Waals surface area contributed by atoms with E-state index in [1.807, 2.05) is 103 Å². The number of aromatic nitrogens is 3. The lowest BCUT2D eigenvalue weighted by atomic mass is 9.91. The Hall–Kier alpha value is -5.34. The monoisotopic (exact) mass is 733 g/mol. The molecule has 4 aromatic carbocycles. The number of carbonyl (C=O) groups excluding carboxylic acids is 3. The molecule has 5 atom stereocenters. The number of hydrogen-bond acceptors (Lipinski definition) is 10. The van der Waals surface area contributed by atoms with E-state index in [1.54, 1.807) is 0 Å². The first-order chi connectivity index (χ1) is 25.9. The molecule has 2 fully saturated rings. The number of hydrogen-bond donors (Lipinski definition) is 3. The lowest BCUT2D eigenvalue weighted by Crippen LogP contribution is -2.41. The maximum atomic E-state index is 13.3. The van der Waals surface area contributed by atoms with Gasteiger partial charge in [-0.15, -0.1) is 0 Å². The predicted octanol–water partition coefficient (Wildman–Crippen LogP) is 6.10. The van der Waals surface area contributed by atoms with Gasteiger partial charge < -0.3 is 24.6 Å². The third-order valence-electron chi connectivity index (χ3n) is 9.49. The molecule has 12 nitrogen and oxygen atoms in total. The highest BCUT2D eigenvalue weighted by molar-refractivity contribution is 7.99. The predicted molar refractivity (Wildman–Crippen MR) is 196 cm³/mol. The molecule has 0 radical (unpaired) electrons. The molecule has 3 N–H and O–H groups in total. The van der Waals surface area contributed by atoms with Crippen LogP contribution in [0.1, 0.15) is 53.6 Å². The number of nitrogens with zero attached hydrogens (tertiary/aromatic N) is 3. The van der Waals surface area contributed by atoms with Crippen LogP contribution in [0.4, 0.5) is 4.79 Å². The summed E-state index contributed by atoms with van der Waals surface area (Å²) in [4.78, 5) is 44.2. The number of aliphatic hydroxyl groups is 1. The van der Waals surface area contributed by atoms with Crippen molar-refractivity contribution < 1.29 is 33.7 Å². The van der Waals surface area contributed by atoms with Crippen LogP contribution < -0.4 is 5.32 Å². The summed E-state index contributed by atoms with van der Waals surface area (Å²) in [5, 5.41) is 19.7. The Morgan fingerprint density at radius 2 is 1.68 bits per heavy atom. The second kappa shape index (κ2) is 16.6. The van der Waals surface area contributed by atoms with E-state index < -0.39 is 24.3 Å². The van der Waals surface area contributed by atoms with Crippen LogP contribution in [-0.2, 0) is 43.6 Å². The minimum atomic E-state index is -0.996. The van der Waals surface area contributed by atoms with Gasteiger partial charge in [0, 0.05) is 17.2 Å². The molecule has 5 aromatic rings. The number of amides is 3. The minimum Gasteiger partial charge on any atom is -0.445 e. The Balaban J connectivity index is 1.04. The SMILES string of the molecule is C[C@@H]1[C@H](CSc2ncn[nH]2)O[C@H](c2ccc(-c3ccccc3CN3C(=O)CC(NC(=O)OCc4ccccc4)C3=O)cc2)O[C@@H]1c1ccc(CO)cc1. The van der Waals surface area contributed by atoms with Gasteiger partial charge in [0.2, 0.25) is 5.91 Å². The molecule has 13 heteroatoms. The number of imide groups is 1. The van der Waals surface area contributed by atoms with Crippen LogP contribution in [0.25, 0.3) is 11.1 Å². The number of benzene rings is 4. The summed E-state index contributed by atoms with van der Waals surface area (Å²) >= 11 is 1.53. The number of thioether (sulfide) groups is 1. The number of rotatable bonds is 12. The van der Waals surface area contributed by atoms with Crippen LogP contribution in [0, 0.1) is 5.92 Å². The Labute approximate surface area is 310 Å². The fraction of sp³-hybridized carbons (Fsp3) is 0.275. The van der Waals surface area contributed by atoms with Gasteiger partial charge in [0.05, 0.1) is 31.8 Å². The highest BCUT2D eigenvalue weighted by atomic mass is 32.2. The number of alkyl carbamates (subject to hydrolysis) is 1. The molecule has 2 aliphatic rings. The summed E-state index contributed by atoms with van der Waals surface area (Å²) in [6.45, 7) is 2.19. The summed E-state index contributed by atoms with van der Waals surface area (Å²) in [6, 6.07) is 31.5. The Bertz CT molecular complexity index is 2010. The van der Waals surface area contributed by atoms with Crippen molar-refractivity contribution in [3.05, 3.63) is 137 Å². The summed E-state index contributed by atoms with van der Waals surface area (Å²) in [6.07, 6.45) is -0.504. The van der Waals surface area contributed by atoms with E-state index in [9.17, 15) is 19.5 Å². The summed E-state index contributed by atoms with van der Waals surface area (Å²) in [5.74, 6) is -0.204. The molecule has 0 bridgehead atoms. The van der Waals surface area contributed by atoms with E-state index in [4.69, 9.17) is 14.2 Å². The van der Waals surface area contributed by atoms with Crippen LogP contribution in [0.2, 0.25) is 0 Å². The van der Waals surface area contributed by atoms with E-state index in [-0.39, 0.29) is 50.2 Å². The molecule has 2 aliphatic heterocycles. The molecule has 0 saturated carbocycles. The first kappa shape index (κ1) is 36.0. The van der Waals surface area contributed by atoms with Crippen molar-refractivity contribution in [1.82, 2.24) is 25.4 Å². The summed E-state index contributed by atoms with van der Waals surface area (Å²) in [5.41, 5.74) is 6.00. The molecular formula is C40H39N5O7S. The minimum absolute atomic E-state index is 0.0125. The number of nitrogens with one attached hydrogen (secondary N) is 2. The molecule has 1 aromatic heterocycles. The van der Waals surface area contributed by atoms with Gasteiger partial charge in [-0.05, 0) is 33.4 Å². The standard InChI is InChI=1S/C40H39N5O7S/c1-25-34(23-53-39-41-24-42-44-39)51-38(52-36(25)29-13-11-26(21-46)12-14-29)30-17-15-28(16-18-30)32-10-6-5-9-31(32)20-45-35(47)19-33(37(45)48)43-40(49)50-22-27-7-3-2-4-8-27/h2-18,24-25,33-34,36,38,46H,19-23H2,1H3,(H,43,49)(H,41,42,44)/t25-,33?,34+,36+,38+/m1/s1. The molecule has 0 spiro atoms. The molecule has 53 heavy (non-hydrogen) atoms. The second-order valence-corrected chi connectivity index (χ2v) is 14.0. The number of aromatic amines is 1. The van der Waals surface area contributed by atoms with Crippen molar-refractivity contribution in [1.29, 1.82) is 0 Å². The van der Waals surface area contributed by atoms with E-state index >= 15 is 0 Å². The summed E-state index contributed by atoms with van der Waals surface area (Å²) in [7, 11) is 0. The van der Waals surface area contributed by atoms with Crippen LogP contribution in [0.3, 0.4) is 0 Å². The van der Waals surface area contributed by atoms with Gasteiger partial charge in [-0.25, -0.2) is 9.78 Å². The number of H-pyrrole nitrogens is 1. The largest absolute Gasteiger partial charge is 0.445 e. The fourth-order valence-corrected chi connectivity index (χ4v) is 7.48. The van der Waals surface area contributed by atoms with Crippen molar-refractivity contribution in [2.24, 2.45) is 5.92 Å². The lowest BCUT2D eigenvalue weighted by Gasteiger charge is -2.41. The van der Waals surface area contributed by atoms with Gasteiger partial charge in [0.15, 0.2) is 11.4 Å². The van der Waals surface area contributed by atoms with Crippen molar-refractivity contribution in [2.75, 3.05) is 5.75 Å². The van der Waals surface area contributed by atoms with Crippen LogP contribution in [0.5, 0.6) is 0 Å². The van der Waals surface area contributed by atoms with E-state index in [2.05, 4.69) is 27.4 Å². The highest BCUT2D eigenvalue weighted by Gasteiger charge is 2.40. The number of aliphatic hydroxyl groups excluding tert-OH is 1. The van der Waals surface area contributed by atoms with E-state index in [1.165, 1.54) is 23.0 Å². The van der Waals surface area contributed by atoms with E-state index in [0.717, 1.165) is 38.9 Å². The topological polar surface area (TPSA) is 156 Å². The first-order valence-corrected chi connectivity index (χ1v) is 18.3. The van der Waals surface area contributed by atoms with Gasteiger partial charge in [-0.1, -0.05) is 122 Å². The average molecular weight is 734 g/mol. The Kier molecular flexibility index (Phi) is 11.3. The highest BCUT2D eigenvalue weighted by Crippen LogP contribution is 2.43.